The average molecular weight is 387 g/mol. The van der Waals surface area contributed by atoms with Crippen LogP contribution in [0.5, 0.6) is 0 Å². The van der Waals surface area contributed by atoms with E-state index >= 15 is 0 Å². The number of amides is 1. The van der Waals surface area contributed by atoms with E-state index in [-0.39, 0.29) is 22.6 Å². The summed E-state index contributed by atoms with van der Waals surface area (Å²) in [4.78, 5) is 17.7. The van der Waals surface area contributed by atoms with Gasteiger partial charge < -0.3 is 14.9 Å². The third kappa shape index (κ3) is 2.77. The standard InChI is InChI=1S/C23H31FN2O2/c1-2-21-11-17-12-22(14-21,16-23(28,13-17)15-21)20(27)26-9-7-25(8-10-26)19-6-4-3-5-18(19)24/h3-6,17,28H,2,7-16H2,1H3. The van der Waals surface area contributed by atoms with Crippen molar-refractivity contribution in [3.05, 3.63) is 30.1 Å². The normalized spacial score (nSPS) is 39.5. The minimum atomic E-state index is -0.639. The van der Waals surface area contributed by atoms with E-state index in [0.717, 1.165) is 32.1 Å². The Labute approximate surface area is 166 Å². The summed E-state index contributed by atoms with van der Waals surface area (Å²) >= 11 is 0. The molecule has 4 nitrogen and oxygen atoms in total. The molecule has 28 heavy (non-hydrogen) atoms. The summed E-state index contributed by atoms with van der Waals surface area (Å²) in [6.45, 7) is 4.82. The zero-order valence-electron chi connectivity index (χ0n) is 16.8. The van der Waals surface area contributed by atoms with Gasteiger partial charge >= 0.3 is 0 Å². The predicted octanol–water partition coefficient (Wildman–Crippen LogP) is 3.59. The largest absolute Gasteiger partial charge is 0.390 e. The number of aliphatic hydroxyl groups is 1. The third-order valence-electron chi connectivity index (χ3n) is 8.12. The summed E-state index contributed by atoms with van der Waals surface area (Å²) in [7, 11) is 0. The van der Waals surface area contributed by atoms with Crippen molar-refractivity contribution >= 4 is 11.6 Å². The minimum absolute atomic E-state index is 0.152. The first kappa shape index (κ1) is 18.4. The highest BCUT2D eigenvalue weighted by Gasteiger charge is 2.65. The van der Waals surface area contributed by atoms with Crippen LogP contribution in [-0.2, 0) is 4.79 Å². The molecule has 5 aliphatic rings. The lowest BCUT2D eigenvalue weighted by molar-refractivity contribution is -0.209. The Balaban J connectivity index is 1.33. The quantitative estimate of drug-likeness (QED) is 0.863. The lowest BCUT2D eigenvalue weighted by atomic mass is 9.42. The second-order valence-electron chi connectivity index (χ2n) is 10.1. The van der Waals surface area contributed by atoms with Gasteiger partial charge in [0.15, 0.2) is 0 Å². The number of hydrogen-bond donors (Lipinski definition) is 1. The number of piperazine rings is 1. The van der Waals surface area contributed by atoms with Crippen LogP contribution in [0.4, 0.5) is 10.1 Å². The fourth-order valence-electron chi connectivity index (χ4n) is 7.41. The van der Waals surface area contributed by atoms with E-state index in [2.05, 4.69) is 6.92 Å². The number of rotatable bonds is 3. The minimum Gasteiger partial charge on any atom is -0.390 e. The summed E-state index contributed by atoms with van der Waals surface area (Å²) in [5, 5.41) is 11.2. The number of carbonyl (C=O) groups excluding carboxylic acids is 1. The van der Waals surface area contributed by atoms with Gasteiger partial charge in [0, 0.05) is 26.2 Å². The zero-order valence-corrected chi connectivity index (χ0v) is 16.8. The molecule has 1 heterocycles. The number of anilines is 1. The van der Waals surface area contributed by atoms with Crippen LogP contribution in [0.1, 0.15) is 51.9 Å². The number of hydrogen-bond acceptors (Lipinski definition) is 3. The highest BCUT2D eigenvalue weighted by Crippen LogP contribution is 2.68. The van der Waals surface area contributed by atoms with Gasteiger partial charge in [-0.25, -0.2) is 4.39 Å². The molecule has 4 saturated carbocycles. The van der Waals surface area contributed by atoms with Crippen LogP contribution in [0.2, 0.25) is 0 Å². The lowest BCUT2D eigenvalue weighted by Gasteiger charge is -2.65. The van der Waals surface area contributed by atoms with Crippen molar-refractivity contribution in [2.75, 3.05) is 31.1 Å². The Morgan fingerprint density at radius 3 is 2.54 bits per heavy atom. The van der Waals surface area contributed by atoms with Crippen molar-refractivity contribution in [3.8, 4) is 0 Å². The first-order valence-electron chi connectivity index (χ1n) is 10.9. The van der Waals surface area contributed by atoms with Crippen LogP contribution >= 0.6 is 0 Å². The highest BCUT2D eigenvalue weighted by atomic mass is 19.1. The molecule has 0 radical (unpaired) electrons. The molecule has 4 atom stereocenters. The van der Waals surface area contributed by atoms with Gasteiger partial charge in [0.2, 0.25) is 5.91 Å². The Hall–Kier alpha value is -1.62. The molecule has 0 aromatic heterocycles. The van der Waals surface area contributed by atoms with Crippen LogP contribution in [0.15, 0.2) is 24.3 Å². The van der Waals surface area contributed by atoms with Crippen molar-refractivity contribution in [1.29, 1.82) is 0 Å². The van der Waals surface area contributed by atoms with Crippen molar-refractivity contribution in [2.24, 2.45) is 16.7 Å². The summed E-state index contributed by atoms with van der Waals surface area (Å²) in [6, 6.07) is 6.87. The molecular formula is C23H31FN2O2. The molecule has 0 spiro atoms. The molecule has 1 aromatic carbocycles. The molecule has 4 unspecified atom stereocenters. The molecule has 152 valence electrons. The molecule has 4 aliphatic carbocycles. The van der Waals surface area contributed by atoms with E-state index in [0.29, 0.717) is 44.2 Å². The average Bonchev–Trinajstić information content (AvgIpc) is 2.66. The molecule has 1 aliphatic heterocycles. The van der Waals surface area contributed by atoms with Gasteiger partial charge in [-0.15, -0.1) is 0 Å². The maximum Gasteiger partial charge on any atom is 0.229 e. The molecule has 1 N–H and O–H groups in total. The van der Waals surface area contributed by atoms with E-state index in [1.807, 2.05) is 21.9 Å². The van der Waals surface area contributed by atoms with E-state index in [4.69, 9.17) is 0 Å². The molecule has 1 aromatic rings. The van der Waals surface area contributed by atoms with Crippen LogP contribution in [0.3, 0.4) is 0 Å². The fourth-order valence-corrected chi connectivity index (χ4v) is 7.41. The SMILES string of the molecule is CCC12CC3CC(O)(C1)CC(C(=O)N1CCN(c4ccccc4F)CC1)(C3)C2. The topological polar surface area (TPSA) is 43.8 Å². The summed E-state index contributed by atoms with van der Waals surface area (Å²) in [6.07, 6.45) is 6.54. The summed E-state index contributed by atoms with van der Waals surface area (Å²) in [5.41, 5.74) is -0.230. The first-order valence-corrected chi connectivity index (χ1v) is 10.9. The van der Waals surface area contributed by atoms with Crippen LogP contribution < -0.4 is 4.90 Å². The van der Waals surface area contributed by atoms with Gasteiger partial charge in [0.25, 0.3) is 0 Å². The Morgan fingerprint density at radius 1 is 1.11 bits per heavy atom. The maximum absolute atomic E-state index is 14.1. The van der Waals surface area contributed by atoms with Crippen LogP contribution in [0.25, 0.3) is 0 Å². The number of benzene rings is 1. The van der Waals surface area contributed by atoms with Gasteiger partial charge in [-0.2, -0.15) is 0 Å². The highest BCUT2D eigenvalue weighted by molar-refractivity contribution is 5.84. The van der Waals surface area contributed by atoms with Gasteiger partial charge in [0.1, 0.15) is 5.82 Å². The summed E-state index contributed by atoms with van der Waals surface area (Å²) < 4.78 is 14.1. The van der Waals surface area contributed by atoms with Crippen LogP contribution in [0, 0.1) is 22.6 Å². The van der Waals surface area contributed by atoms with E-state index < -0.39 is 5.60 Å². The van der Waals surface area contributed by atoms with Gasteiger partial charge in [-0.1, -0.05) is 25.5 Å². The molecule has 1 amide bonds. The molecular weight excluding hydrogens is 355 g/mol. The molecule has 5 heteroatoms. The molecule has 5 fully saturated rings. The lowest BCUT2D eigenvalue weighted by Crippen LogP contribution is -2.65. The van der Waals surface area contributed by atoms with Crippen molar-refractivity contribution in [1.82, 2.24) is 4.90 Å². The maximum atomic E-state index is 14.1. The third-order valence-corrected chi connectivity index (χ3v) is 8.12. The first-order chi connectivity index (χ1) is 13.4. The van der Waals surface area contributed by atoms with Crippen molar-refractivity contribution < 1.29 is 14.3 Å². The monoisotopic (exact) mass is 386 g/mol. The van der Waals surface area contributed by atoms with E-state index in [9.17, 15) is 14.3 Å². The Bertz CT molecular complexity index is 793. The second-order valence-corrected chi connectivity index (χ2v) is 10.1. The molecule has 6 rings (SSSR count). The zero-order chi connectivity index (χ0) is 19.6. The predicted molar refractivity (Wildman–Crippen MR) is 106 cm³/mol. The van der Waals surface area contributed by atoms with Crippen molar-refractivity contribution in [3.63, 3.8) is 0 Å². The fraction of sp³-hybridized carbons (Fsp3) is 0.696. The van der Waals surface area contributed by atoms with Gasteiger partial charge in [0.05, 0.1) is 16.7 Å². The number of para-hydroxylation sites is 1. The van der Waals surface area contributed by atoms with E-state index in [1.54, 1.807) is 6.07 Å². The van der Waals surface area contributed by atoms with Gasteiger partial charge in [-0.05, 0) is 62.0 Å². The van der Waals surface area contributed by atoms with Gasteiger partial charge in [-0.3, -0.25) is 4.79 Å². The Kier molecular flexibility index (Phi) is 4.07. The molecule has 1 saturated heterocycles. The van der Waals surface area contributed by atoms with Crippen LogP contribution in [-0.4, -0.2) is 47.7 Å². The number of nitrogens with zero attached hydrogens (tertiary/aromatic N) is 2. The smallest absolute Gasteiger partial charge is 0.229 e. The summed E-state index contributed by atoms with van der Waals surface area (Å²) in [5.74, 6) is 0.543. The van der Waals surface area contributed by atoms with E-state index in [1.165, 1.54) is 12.5 Å². The number of carbonyl (C=O) groups is 1. The number of halogens is 1. The van der Waals surface area contributed by atoms with Crippen molar-refractivity contribution in [2.45, 2.75) is 57.5 Å². The molecule has 4 bridgehead atoms. The second kappa shape index (κ2) is 6.19. The Morgan fingerprint density at radius 2 is 1.86 bits per heavy atom.